The van der Waals surface area contributed by atoms with Gasteiger partial charge in [-0.1, -0.05) is 23.8 Å². The van der Waals surface area contributed by atoms with Crippen LogP contribution in [0.25, 0.3) is 5.69 Å². The molecule has 0 saturated carbocycles. The molecule has 0 fully saturated rings. The molecule has 5 nitrogen and oxygen atoms in total. The van der Waals surface area contributed by atoms with E-state index < -0.39 is 10.0 Å². The number of anilines is 1. The Hall–Kier alpha value is -2.12. The Balaban J connectivity index is 2.00. The summed E-state index contributed by atoms with van der Waals surface area (Å²) in [6.07, 6.45) is 0. The highest BCUT2D eigenvalue weighted by molar-refractivity contribution is 7.94. The summed E-state index contributed by atoms with van der Waals surface area (Å²) < 4.78 is 29.5. The highest BCUT2D eigenvalue weighted by Crippen LogP contribution is 2.27. The number of benzene rings is 1. The molecule has 120 valence electrons. The standard InChI is InChI=1S/C16H17N3O2S2/c1-11-6-8-14(9-7-11)19-13(3)16(12(2)17-19)18-23(20,21)15-5-4-10-22-15/h4-10,18H,1-3H3. The predicted molar refractivity (Wildman–Crippen MR) is 92.9 cm³/mol. The lowest BCUT2D eigenvalue weighted by Gasteiger charge is -2.08. The Morgan fingerprint density at radius 3 is 2.39 bits per heavy atom. The minimum Gasteiger partial charge on any atom is -0.275 e. The highest BCUT2D eigenvalue weighted by atomic mass is 32.2. The molecule has 0 aliphatic heterocycles. The maximum absolute atomic E-state index is 12.4. The fraction of sp³-hybridized carbons (Fsp3) is 0.188. The van der Waals surface area contributed by atoms with E-state index in [0.717, 1.165) is 16.9 Å². The molecule has 0 radical (unpaired) electrons. The normalized spacial score (nSPS) is 11.6. The van der Waals surface area contributed by atoms with E-state index in [9.17, 15) is 8.42 Å². The summed E-state index contributed by atoms with van der Waals surface area (Å²) in [7, 11) is -3.58. The first-order valence-electron chi connectivity index (χ1n) is 7.08. The average molecular weight is 347 g/mol. The summed E-state index contributed by atoms with van der Waals surface area (Å²) in [6, 6.07) is 11.2. The molecule has 2 aromatic heterocycles. The second kappa shape index (κ2) is 5.82. The third kappa shape index (κ3) is 3.02. The van der Waals surface area contributed by atoms with E-state index >= 15 is 0 Å². The van der Waals surface area contributed by atoms with Crippen molar-refractivity contribution in [1.82, 2.24) is 9.78 Å². The Kier molecular flexibility index (Phi) is 3.99. The smallest absolute Gasteiger partial charge is 0.271 e. The van der Waals surface area contributed by atoms with Crippen LogP contribution in [0.2, 0.25) is 0 Å². The van der Waals surface area contributed by atoms with Crippen LogP contribution in [0.4, 0.5) is 5.69 Å². The largest absolute Gasteiger partial charge is 0.275 e. The minimum atomic E-state index is -3.58. The van der Waals surface area contributed by atoms with Crippen LogP contribution in [0.3, 0.4) is 0 Å². The topological polar surface area (TPSA) is 64.0 Å². The quantitative estimate of drug-likeness (QED) is 0.783. The van der Waals surface area contributed by atoms with Crippen LogP contribution < -0.4 is 4.72 Å². The molecule has 0 spiro atoms. The molecule has 1 aromatic carbocycles. The van der Waals surface area contributed by atoms with E-state index in [2.05, 4.69) is 9.82 Å². The molecule has 3 aromatic rings. The van der Waals surface area contributed by atoms with Gasteiger partial charge in [0, 0.05) is 0 Å². The average Bonchev–Trinajstić information content (AvgIpc) is 3.13. The Bertz CT molecular complexity index is 925. The lowest BCUT2D eigenvalue weighted by Crippen LogP contribution is -2.12. The number of rotatable bonds is 4. The van der Waals surface area contributed by atoms with Gasteiger partial charge in [-0.25, -0.2) is 13.1 Å². The van der Waals surface area contributed by atoms with Crippen molar-refractivity contribution in [3.63, 3.8) is 0 Å². The molecule has 0 amide bonds. The first-order chi connectivity index (χ1) is 10.9. The molecule has 0 aliphatic rings. The molecule has 0 atom stereocenters. The number of aromatic nitrogens is 2. The van der Waals surface area contributed by atoms with Gasteiger partial charge in [-0.15, -0.1) is 11.3 Å². The lowest BCUT2D eigenvalue weighted by atomic mass is 10.2. The summed E-state index contributed by atoms with van der Waals surface area (Å²) in [5.74, 6) is 0. The van der Waals surface area contributed by atoms with Crippen LogP contribution in [0.1, 0.15) is 17.0 Å². The van der Waals surface area contributed by atoms with E-state index in [1.54, 1.807) is 29.1 Å². The molecule has 0 bridgehead atoms. The summed E-state index contributed by atoms with van der Waals surface area (Å²) in [6.45, 7) is 5.67. The maximum Gasteiger partial charge on any atom is 0.271 e. The van der Waals surface area contributed by atoms with Gasteiger partial charge in [0.25, 0.3) is 10.0 Å². The lowest BCUT2D eigenvalue weighted by molar-refractivity contribution is 0.603. The van der Waals surface area contributed by atoms with Crippen molar-refractivity contribution >= 4 is 27.0 Å². The summed E-state index contributed by atoms with van der Waals surface area (Å²) in [5.41, 5.74) is 3.99. The number of aryl methyl sites for hydroxylation is 2. The molecule has 3 rings (SSSR count). The van der Waals surface area contributed by atoms with Crippen LogP contribution in [-0.2, 0) is 10.0 Å². The second-order valence-corrected chi connectivity index (χ2v) is 8.19. The first-order valence-corrected chi connectivity index (χ1v) is 9.44. The van der Waals surface area contributed by atoms with Crippen LogP contribution in [-0.4, -0.2) is 18.2 Å². The molecule has 0 aliphatic carbocycles. The third-order valence-corrected chi connectivity index (χ3v) is 6.31. The van der Waals surface area contributed by atoms with E-state index in [1.807, 2.05) is 38.1 Å². The SMILES string of the molecule is Cc1ccc(-n2nc(C)c(NS(=O)(=O)c3cccs3)c2C)cc1. The zero-order chi connectivity index (χ0) is 16.6. The summed E-state index contributed by atoms with van der Waals surface area (Å²) >= 11 is 1.19. The van der Waals surface area contributed by atoms with Crippen molar-refractivity contribution < 1.29 is 8.42 Å². The fourth-order valence-corrected chi connectivity index (χ4v) is 4.50. The van der Waals surface area contributed by atoms with Crippen molar-refractivity contribution in [2.45, 2.75) is 25.0 Å². The van der Waals surface area contributed by atoms with Crippen LogP contribution in [0.5, 0.6) is 0 Å². The maximum atomic E-state index is 12.4. The molecule has 0 saturated heterocycles. The van der Waals surface area contributed by atoms with Gasteiger partial charge >= 0.3 is 0 Å². The van der Waals surface area contributed by atoms with E-state index in [0.29, 0.717) is 15.6 Å². The van der Waals surface area contributed by atoms with Crippen molar-refractivity contribution in [3.05, 3.63) is 58.7 Å². The third-order valence-electron chi connectivity index (χ3n) is 3.57. The molecule has 1 N–H and O–H groups in total. The van der Waals surface area contributed by atoms with Crippen LogP contribution in [0.15, 0.2) is 46.0 Å². The molecule has 7 heteroatoms. The monoisotopic (exact) mass is 347 g/mol. The van der Waals surface area contributed by atoms with Crippen molar-refractivity contribution in [2.24, 2.45) is 0 Å². The van der Waals surface area contributed by atoms with E-state index in [-0.39, 0.29) is 0 Å². The van der Waals surface area contributed by atoms with E-state index in [1.165, 1.54) is 11.3 Å². The Morgan fingerprint density at radius 2 is 1.78 bits per heavy atom. The molecular formula is C16H17N3O2S2. The van der Waals surface area contributed by atoms with Crippen LogP contribution in [0, 0.1) is 20.8 Å². The predicted octanol–water partition coefficient (Wildman–Crippen LogP) is 3.66. The van der Waals surface area contributed by atoms with Gasteiger partial charge in [0.05, 0.1) is 22.8 Å². The van der Waals surface area contributed by atoms with Crippen molar-refractivity contribution in [3.8, 4) is 5.69 Å². The fourth-order valence-electron chi connectivity index (χ4n) is 2.33. The van der Waals surface area contributed by atoms with Crippen molar-refractivity contribution in [1.29, 1.82) is 0 Å². The number of nitrogens with one attached hydrogen (secondary N) is 1. The van der Waals surface area contributed by atoms with Gasteiger partial charge in [0.1, 0.15) is 4.21 Å². The van der Waals surface area contributed by atoms with Gasteiger partial charge < -0.3 is 0 Å². The molecule has 0 unspecified atom stereocenters. The number of hydrogen-bond donors (Lipinski definition) is 1. The van der Waals surface area contributed by atoms with Gasteiger partial charge in [0.2, 0.25) is 0 Å². The summed E-state index contributed by atoms with van der Waals surface area (Å²) in [5, 5.41) is 6.21. The minimum absolute atomic E-state index is 0.291. The van der Waals surface area contributed by atoms with Gasteiger partial charge in [-0.2, -0.15) is 5.10 Å². The van der Waals surface area contributed by atoms with Crippen molar-refractivity contribution in [2.75, 3.05) is 4.72 Å². The Labute approximate surface area is 139 Å². The Morgan fingerprint density at radius 1 is 1.09 bits per heavy atom. The molecular weight excluding hydrogens is 330 g/mol. The molecule has 2 heterocycles. The number of sulfonamides is 1. The number of nitrogens with zero attached hydrogens (tertiary/aromatic N) is 2. The zero-order valence-electron chi connectivity index (χ0n) is 13.1. The zero-order valence-corrected chi connectivity index (χ0v) is 14.7. The van der Waals surface area contributed by atoms with Gasteiger partial charge in [-0.3, -0.25) is 4.72 Å². The number of thiophene rings is 1. The van der Waals surface area contributed by atoms with Gasteiger partial charge in [-0.05, 0) is 44.4 Å². The van der Waals surface area contributed by atoms with Crippen LogP contribution >= 0.6 is 11.3 Å². The highest BCUT2D eigenvalue weighted by Gasteiger charge is 2.21. The number of hydrogen-bond acceptors (Lipinski definition) is 4. The van der Waals surface area contributed by atoms with E-state index in [4.69, 9.17) is 0 Å². The first kappa shape index (κ1) is 15.8. The second-order valence-electron chi connectivity index (χ2n) is 5.33. The molecule has 23 heavy (non-hydrogen) atoms. The summed E-state index contributed by atoms with van der Waals surface area (Å²) in [4.78, 5) is 0. The van der Waals surface area contributed by atoms with Gasteiger partial charge in [0.15, 0.2) is 0 Å².